The first-order chi connectivity index (χ1) is 13.7. The third-order valence-corrected chi connectivity index (χ3v) is 5.25. The molecule has 0 aliphatic carbocycles. The molecule has 2 N–H and O–H groups in total. The first-order valence-electron chi connectivity index (χ1n) is 8.97. The minimum Gasteiger partial charge on any atom is -0.340 e. The molecule has 0 radical (unpaired) electrons. The average Bonchev–Trinajstić information content (AvgIpc) is 3.46. The van der Waals surface area contributed by atoms with Crippen LogP contribution in [0.2, 0.25) is 5.02 Å². The normalized spacial score (nSPS) is 16.8. The molecule has 1 atom stereocenters. The van der Waals surface area contributed by atoms with Gasteiger partial charge in [0.25, 0.3) is 5.91 Å². The molecule has 0 spiro atoms. The highest BCUT2D eigenvalue weighted by Gasteiger charge is 2.33. The van der Waals surface area contributed by atoms with Gasteiger partial charge in [-0.1, -0.05) is 23.7 Å². The molecule has 140 valence electrons. The highest BCUT2D eigenvalue weighted by Crippen LogP contribution is 2.33. The molecular formula is C19H16ClN7O. The van der Waals surface area contributed by atoms with Gasteiger partial charge in [0.1, 0.15) is 11.3 Å². The Labute approximate surface area is 165 Å². The van der Waals surface area contributed by atoms with Crippen molar-refractivity contribution in [3.05, 3.63) is 59.1 Å². The molecule has 9 heteroatoms. The third kappa shape index (κ3) is 2.91. The molecule has 1 unspecified atom stereocenters. The Balaban J connectivity index is 1.42. The van der Waals surface area contributed by atoms with Gasteiger partial charge in [-0.3, -0.25) is 4.79 Å². The summed E-state index contributed by atoms with van der Waals surface area (Å²) in [4.78, 5) is 27.0. The second-order valence-corrected chi connectivity index (χ2v) is 7.17. The SMILES string of the molecule is O=C(c1cnc2n[nH]nc2c1)N1CCCC1c1ncc(-c2ccc(Cl)cc2)[nH]1. The van der Waals surface area contributed by atoms with Gasteiger partial charge in [0.15, 0.2) is 0 Å². The van der Waals surface area contributed by atoms with E-state index < -0.39 is 0 Å². The monoisotopic (exact) mass is 393 g/mol. The fraction of sp³-hybridized carbons (Fsp3) is 0.211. The van der Waals surface area contributed by atoms with Crippen LogP contribution >= 0.6 is 11.6 Å². The van der Waals surface area contributed by atoms with Crippen molar-refractivity contribution in [1.82, 2.24) is 35.3 Å². The minimum atomic E-state index is -0.0958. The Hall–Kier alpha value is -3.26. The molecule has 1 fully saturated rings. The summed E-state index contributed by atoms with van der Waals surface area (Å²) < 4.78 is 0. The van der Waals surface area contributed by atoms with Crippen LogP contribution in [0, 0.1) is 0 Å². The molecule has 1 saturated heterocycles. The summed E-state index contributed by atoms with van der Waals surface area (Å²) in [5.41, 5.74) is 3.46. The van der Waals surface area contributed by atoms with E-state index in [1.165, 1.54) is 0 Å². The number of carbonyl (C=O) groups excluding carboxylic acids is 1. The maximum absolute atomic E-state index is 13.1. The van der Waals surface area contributed by atoms with E-state index in [9.17, 15) is 4.79 Å². The number of aromatic nitrogens is 6. The van der Waals surface area contributed by atoms with Gasteiger partial charge in [-0.25, -0.2) is 9.97 Å². The van der Waals surface area contributed by atoms with Gasteiger partial charge in [-0.05, 0) is 36.6 Å². The van der Waals surface area contributed by atoms with Gasteiger partial charge in [0, 0.05) is 17.8 Å². The number of halogens is 1. The molecule has 1 aliphatic heterocycles. The number of benzene rings is 1. The number of fused-ring (bicyclic) bond motifs is 1. The predicted molar refractivity (Wildman–Crippen MR) is 104 cm³/mol. The molecule has 8 nitrogen and oxygen atoms in total. The quantitative estimate of drug-likeness (QED) is 0.555. The van der Waals surface area contributed by atoms with Gasteiger partial charge in [0.05, 0.1) is 23.5 Å². The number of hydrogen-bond acceptors (Lipinski definition) is 5. The second-order valence-electron chi connectivity index (χ2n) is 6.74. The molecule has 3 aromatic heterocycles. The number of aromatic amines is 2. The molecule has 4 aromatic rings. The van der Waals surface area contributed by atoms with Crippen molar-refractivity contribution < 1.29 is 4.79 Å². The smallest absolute Gasteiger partial charge is 0.256 e. The number of nitrogens with one attached hydrogen (secondary N) is 2. The van der Waals surface area contributed by atoms with Crippen molar-refractivity contribution in [1.29, 1.82) is 0 Å². The highest BCUT2D eigenvalue weighted by atomic mass is 35.5. The Kier molecular flexibility index (Phi) is 4.05. The Morgan fingerprint density at radius 2 is 2.00 bits per heavy atom. The second kappa shape index (κ2) is 6.72. The summed E-state index contributed by atoms with van der Waals surface area (Å²) in [5, 5.41) is 11.1. The summed E-state index contributed by atoms with van der Waals surface area (Å²) in [6, 6.07) is 9.18. The average molecular weight is 394 g/mol. The van der Waals surface area contributed by atoms with Crippen LogP contribution in [-0.2, 0) is 0 Å². The van der Waals surface area contributed by atoms with Gasteiger partial charge in [0.2, 0.25) is 5.65 Å². The van der Waals surface area contributed by atoms with Crippen LogP contribution < -0.4 is 0 Å². The molecule has 0 saturated carbocycles. The van der Waals surface area contributed by atoms with Crippen molar-refractivity contribution >= 4 is 28.7 Å². The Bertz CT molecular complexity index is 1150. The number of H-pyrrole nitrogens is 2. The van der Waals surface area contributed by atoms with E-state index in [4.69, 9.17) is 11.6 Å². The van der Waals surface area contributed by atoms with Crippen molar-refractivity contribution in [2.75, 3.05) is 6.54 Å². The predicted octanol–water partition coefficient (Wildman–Crippen LogP) is 3.37. The van der Waals surface area contributed by atoms with Crippen LogP contribution in [0.25, 0.3) is 22.4 Å². The Morgan fingerprint density at radius 3 is 2.86 bits per heavy atom. The van der Waals surface area contributed by atoms with Crippen LogP contribution in [0.3, 0.4) is 0 Å². The lowest BCUT2D eigenvalue weighted by Crippen LogP contribution is -2.31. The molecule has 1 amide bonds. The molecule has 1 aromatic carbocycles. The summed E-state index contributed by atoms with van der Waals surface area (Å²) in [5.74, 6) is 0.704. The molecule has 4 heterocycles. The van der Waals surface area contributed by atoms with E-state index in [0.29, 0.717) is 28.3 Å². The lowest BCUT2D eigenvalue weighted by Gasteiger charge is -2.23. The van der Waals surface area contributed by atoms with Crippen molar-refractivity contribution in [3.63, 3.8) is 0 Å². The third-order valence-electron chi connectivity index (χ3n) is 5.00. The molecule has 1 aliphatic rings. The van der Waals surface area contributed by atoms with Crippen LogP contribution in [0.15, 0.2) is 42.7 Å². The number of nitrogens with zero attached hydrogens (tertiary/aromatic N) is 5. The topological polar surface area (TPSA) is 103 Å². The first-order valence-corrected chi connectivity index (χ1v) is 9.35. The largest absolute Gasteiger partial charge is 0.340 e. The van der Waals surface area contributed by atoms with Crippen LogP contribution in [0.1, 0.15) is 35.1 Å². The summed E-state index contributed by atoms with van der Waals surface area (Å²) in [6.07, 6.45) is 5.12. The number of rotatable bonds is 3. The van der Waals surface area contributed by atoms with E-state index in [-0.39, 0.29) is 11.9 Å². The van der Waals surface area contributed by atoms with Gasteiger partial charge >= 0.3 is 0 Å². The minimum absolute atomic E-state index is 0.0793. The first kappa shape index (κ1) is 16.9. The van der Waals surface area contributed by atoms with Crippen molar-refractivity contribution in [3.8, 4) is 11.3 Å². The maximum atomic E-state index is 13.1. The number of carbonyl (C=O) groups is 1. The van der Waals surface area contributed by atoms with E-state index in [1.54, 1.807) is 18.5 Å². The standard InChI is InChI=1S/C19H16ClN7O/c20-13-5-3-11(4-6-13)15-10-22-18(23-15)16-2-1-7-27(16)19(28)12-8-14-17(21-9-12)25-26-24-14/h3-6,8-10,16H,1-2,7H2,(H,22,23)(H,21,24,25,26). The molecule has 5 rings (SSSR count). The summed E-state index contributed by atoms with van der Waals surface area (Å²) in [6.45, 7) is 0.678. The maximum Gasteiger partial charge on any atom is 0.256 e. The lowest BCUT2D eigenvalue weighted by molar-refractivity contribution is 0.0730. The molecule has 28 heavy (non-hydrogen) atoms. The lowest BCUT2D eigenvalue weighted by atomic mass is 10.1. The fourth-order valence-corrected chi connectivity index (χ4v) is 3.73. The van der Waals surface area contributed by atoms with Gasteiger partial charge < -0.3 is 9.88 Å². The van der Waals surface area contributed by atoms with Crippen LogP contribution in [0.5, 0.6) is 0 Å². The zero-order valence-electron chi connectivity index (χ0n) is 14.8. The van der Waals surface area contributed by atoms with E-state index in [2.05, 4.69) is 30.4 Å². The molecular weight excluding hydrogens is 378 g/mol. The fourth-order valence-electron chi connectivity index (χ4n) is 3.60. The van der Waals surface area contributed by atoms with Crippen LogP contribution in [-0.4, -0.2) is 47.7 Å². The van der Waals surface area contributed by atoms with E-state index in [0.717, 1.165) is 29.9 Å². The summed E-state index contributed by atoms with van der Waals surface area (Å²) in [7, 11) is 0. The van der Waals surface area contributed by atoms with Gasteiger partial charge in [-0.15, -0.1) is 5.10 Å². The van der Waals surface area contributed by atoms with Crippen molar-refractivity contribution in [2.45, 2.75) is 18.9 Å². The summed E-state index contributed by atoms with van der Waals surface area (Å²) >= 11 is 5.96. The van der Waals surface area contributed by atoms with E-state index in [1.807, 2.05) is 29.2 Å². The van der Waals surface area contributed by atoms with Crippen LogP contribution in [0.4, 0.5) is 0 Å². The molecule has 0 bridgehead atoms. The number of likely N-dealkylation sites (tertiary alicyclic amines) is 1. The number of pyridine rings is 1. The number of hydrogen-bond donors (Lipinski definition) is 2. The van der Waals surface area contributed by atoms with Crippen molar-refractivity contribution in [2.24, 2.45) is 0 Å². The van der Waals surface area contributed by atoms with Gasteiger partial charge in [-0.2, -0.15) is 10.3 Å². The number of amides is 1. The Morgan fingerprint density at radius 1 is 1.14 bits per heavy atom. The zero-order valence-corrected chi connectivity index (χ0v) is 15.5. The zero-order chi connectivity index (χ0) is 19.1. The number of imidazole rings is 1. The van der Waals surface area contributed by atoms with E-state index >= 15 is 0 Å². The highest BCUT2D eigenvalue weighted by molar-refractivity contribution is 6.30.